The Bertz CT molecular complexity index is 659. The third-order valence-electron chi connectivity index (χ3n) is 5.14. The predicted molar refractivity (Wildman–Crippen MR) is 86.3 cm³/mol. The summed E-state index contributed by atoms with van der Waals surface area (Å²) in [5.74, 6) is 0. The third-order valence-corrected chi connectivity index (χ3v) is 5.64. The zero-order chi connectivity index (χ0) is 13.7. The van der Waals surface area contributed by atoms with Gasteiger partial charge in [-0.1, -0.05) is 22.9 Å². The van der Waals surface area contributed by atoms with Gasteiger partial charge in [-0.05, 0) is 43.0 Å². The van der Waals surface area contributed by atoms with Gasteiger partial charge in [-0.25, -0.2) is 0 Å². The average Bonchev–Trinajstić information content (AvgIpc) is 2.78. The molecule has 1 aromatic carbocycles. The summed E-state index contributed by atoms with van der Waals surface area (Å²) in [6, 6.07) is 7.58. The fraction of sp³-hybridized carbons (Fsp3) is 0.529. The normalized spacial score (nSPS) is 24.9. The van der Waals surface area contributed by atoms with Gasteiger partial charge in [0, 0.05) is 21.8 Å². The highest BCUT2D eigenvalue weighted by Crippen LogP contribution is 2.38. The first kappa shape index (κ1) is 12.9. The summed E-state index contributed by atoms with van der Waals surface area (Å²) in [5.41, 5.74) is 4.77. The molecular weight excluding hydrogens is 312 g/mol. The molecule has 0 spiro atoms. The van der Waals surface area contributed by atoms with E-state index in [0.717, 1.165) is 6.04 Å². The van der Waals surface area contributed by atoms with Crippen LogP contribution in [-0.2, 0) is 13.0 Å². The van der Waals surface area contributed by atoms with Crippen molar-refractivity contribution in [3.8, 4) is 0 Å². The Kier molecular flexibility index (Phi) is 3.15. The minimum absolute atomic E-state index is 0.749. The molecule has 3 heteroatoms. The van der Waals surface area contributed by atoms with E-state index in [4.69, 9.17) is 0 Å². The van der Waals surface area contributed by atoms with E-state index in [1.54, 1.807) is 11.3 Å². The van der Waals surface area contributed by atoms with Crippen LogP contribution < -0.4 is 4.90 Å². The second-order valence-electron chi connectivity index (χ2n) is 6.28. The second kappa shape index (κ2) is 4.88. The molecule has 1 aliphatic heterocycles. The molecule has 0 saturated carbocycles. The number of rotatable bonds is 2. The van der Waals surface area contributed by atoms with E-state index in [-0.39, 0.29) is 0 Å². The van der Waals surface area contributed by atoms with E-state index in [0.29, 0.717) is 0 Å². The van der Waals surface area contributed by atoms with Gasteiger partial charge in [-0.2, -0.15) is 0 Å². The van der Waals surface area contributed by atoms with Crippen molar-refractivity contribution in [2.24, 2.45) is 0 Å². The van der Waals surface area contributed by atoms with Crippen LogP contribution in [0.5, 0.6) is 0 Å². The SMILES string of the molecule is CCC[NH+]1CCn2c3c(c4cc(Br)ccc42)CCC[C@H]31. The average molecular weight is 334 g/mol. The highest BCUT2D eigenvalue weighted by Gasteiger charge is 2.37. The summed E-state index contributed by atoms with van der Waals surface area (Å²) in [7, 11) is 0. The van der Waals surface area contributed by atoms with Gasteiger partial charge < -0.3 is 9.47 Å². The fourth-order valence-electron chi connectivity index (χ4n) is 4.39. The van der Waals surface area contributed by atoms with E-state index in [2.05, 4.69) is 45.6 Å². The Labute approximate surface area is 128 Å². The highest BCUT2D eigenvalue weighted by molar-refractivity contribution is 9.10. The molecule has 0 fully saturated rings. The molecule has 2 heterocycles. The van der Waals surface area contributed by atoms with E-state index < -0.39 is 0 Å². The molecule has 4 rings (SSSR count). The minimum atomic E-state index is 0.749. The summed E-state index contributed by atoms with van der Waals surface area (Å²) < 4.78 is 3.84. The highest BCUT2D eigenvalue weighted by atomic mass is 79.9. The number of halogens is 1. The topological polar surface area (TPSA) is 9.37 Å². The quantitative estimate of drug-likeness (QED) is 0.865. The molecule has 1 aliphatic carbocycles. The number of nitrogens with zero attached hydrogens (tertiary/aromatic N) is 1. The number of aryl methyl sites for hydroxylation is 1. The smallest absolute Gasteiger partial charge is 0.129 e. The lowest BCUT2D eigenvalue weighted by Gasteiger charge is -2.36. The second-order valence-corrected chi connectivity index (χ2v) is 7.20. The number of aromatic nitrogens is 1. The van der Waals surface area contributed by atoms with Gasteiger partial charge in [0.05, 0.1) is 25.3 Å². The lowest BCUT2D eigenvalue weighted by Crippen LogP contribution is -3.13. The molecular formula is C17H22BrN2+. The van der Waals surface area contributed by atoms with Gasteiger partial charge in [0.15, 0.2) is 0 Å². The fourth-order valence-corrected chi connectivity index (χ4v) is 4.75. The minimum Gasteiger partial charge on any atom is -0.334 e. The molecule has 1 aromatic heterocycles. The van der Waals surface area contributed by atoms with Crippen molar-refractivity contribution in [1.29, 1.82) is 0 Å². The maximum atomic E-state index is 3.64. The first-order chi connectivity index (χ1) is 9.79. The zero-order valence-corrected chi connectivity index (χ0v) is 13.7. The monoisotopic (exact) mass is 333 g/mol. The van der Waals surface area contributed by atoms with E-state index in [1.165, 1.54) is 60.7 Å². The van der Waals surface area contributed by atoms with Gasteiger partial charge in [0.2, 0.25) is 0 Å². The van der Waals surface area contributed by atoms with Crippen molar-refractivity contribution in [3.05, 3.63) is 33.9 Å². The summed E-state index contributed by atoms with van der Waals surface area (Å²) in [4.78, 5) is 1.82. The van der Waals surface area contributed by atoms with E-state index in [9.17, 15) is 0 Å². The molecule has 106 valence electrons. The van der Waals surface area contributed by atoms with Crippen LogP contribution in [0.3, 0.4) is 0 Å². The Balaban J connectivity index is 1.93. The van der Waals surface area contributed by atoms with E-state index in [1.807, 2.05) is 4.90 Å². The maximum absolute atomic E-state index is 3.64. The van der Waals surface area contributed by atoms with Crippen LogP contribution in [0.25, 0.3) is 10.9 Å². The van der Waals surface area contributed by atoms with Crippen molar-refractivity contribution < 1.29 is 4.90 Å². The number of benzene rings is 1. The molecule has 0 bridgehead atoms. The molecule has 2 aliphatic rings. The number of hydrogen-bond acceptors (Lipinski definition) is 0. The van der Waals surface area contributed by atoms with Gasteiger partial charge in [0.1, 0.15) is 6.04 Å². The number of quaternary nitrogens is 1. The number of hydrogen-bond donors (Lipinski definition) is 1. The van der Waals surface area contributed by atoms with Crippen LogP contribution in [0.4, 0.5) is 0 Å². The Morgan fingerprint density at radius 2 is 2.30 bits per heavy atom. The van der Waals surface area contributed by atoms with Gasteiger partial charge in [-0.3, -0.25) is 0 Å². The first-order valence-corrected chi connectivity index (χ1v) is 8.74. The summed E-state index contributed by atoms with van der Waals surface area (Å²) >= 11 is 3.64. The Morgan fingerprint density at radius 1 is 1.40 bits per heavy atom. The first-order valence-electron chi connectivity index (χ1n) is 7.94. The Morgan fingerprint density at radius 3 is 3.15 bits per heavy atom. The summed E-state index contributed by atoms with van der Waals surface area (Å²) in [6.45, 7) is 6.14. The van der Waals surface area contributed by atoms with Crippen LogP contribution in [-0.4, -0.2) is 17.7 Å². The van der Waals surface area contributed by atoms with Gasteiger partial charge in [0.25, 0.3) is 0 Å². The predicted octanol–water partition coefficient (Wildman–Crippen LogP) is 3.09. The molecule has 2 nitrogen and oxygen atoms in total. The lowest BCUT2D eigenvalue weighted by atomic mass is 9.89. The largest absolute Gasteiger partial charge is 0.334 e. The molecule has 0 radical (unpaired) electrons. The van der Waals surface area contributed by atoms with Crippen molar-refractivity contribution in [3.63, 3.8) is 0 Å². The van der Waals surface area contributed by atoms with Crippen molar-refractivity contribution >= 4 is 26.8 Å². The van der Waals surface area contributed by atoms with Crippen molar-refractivity contribution in [1.82, 2.24) is 4.57 Å². The summed E-state index contributed by atoms with van der Waals surface area (Å²) in [5, 5.41) is 1.50. The van der Waals surface area contributed by atoms with Crippen molar-refractivity contribution in [2.75, 3.05) is 13.1 Å². The molecule has 0 saturated heterocycles. The summed E-state index contributed by atoms with van der Waals surface area (Å²) in [6.07, 6.45) is 5.30. The molecule has 2 aromatic rings. The van der Waals surface area contributed by atoms with Gasteiger partial charge in [-0.15, -0.1) is 0 Å². The number of nitrogens with one attached hydrogen (secondary N) is 1. The van der Waals surface area contributed by atoms with Crippen LogP contribution in [0, 0.1) is 0 Å². The van der Waals surface area contributed by atoms with Crippen LogP contribution >= 0.6 is 15.9 Å². The standard InChI is InChI=1S/C17H21BrN2/c1-2-8-19-9-10-20-15-7-6-12(18)11-14(15)13-4-3-5-16(19)17(13)20/h6-7,11,16H,2-5,8-10H2,1H3/p+1/t16-/m1/s1. The number of fused-ring (bicyclic) bond motifs is 3. The van der Waals surface area contributed by atoms with E-state index >= 15 is 0 Å². The van der Waals surface area contributed by atoms with Crippen LogP contribution in [0.2, 0.25) is 0 Å². The maximum Gasteiger partial charge on any atom is 0.129 e. The third kappa shape index (κ3) is 1.79. The molecule has 20 heavy (non-hydrogen) atoms. The van der Waals surface area contributed by atoms with Crippen LogP contribution in [0.1, 0.15) is 43.5 Å². The molecule has 1 unspecified atom stereocenters. The van der Waals surface area contributed by atoms with Crippen LogP contribution in [0.15, 0.2) is 22.7 Å². The lowest BCUT2D eigenvalue weighted by molar-refractivity contribution is -0.937. The van der Waals surface area contributed by atoms with Crippen molar-refractivity contribution in [2.45, 2.75) is 45.2 Å². The Hall–Kier alpha value is -0.800. The zero-order valence-electron chi connectivity index (χ0n) is 12.1. The molecule has 0 amide bonds. The molecule has 2 atom stereocenters. The molecule has 1 N–H and O–H groups in total. The van der Waals surface area contributed by atoms with Gasteiger partial charge >= 0.3 is 0 Å².